The lowest BCUT2D eigenvalue weighted by molar-refractivity contribution is -0.116. The van der Waals surface area contributed by atoms with Crippen molar-refractivity contribution < 1.29 is 9.53 Å². The van der Waals surface area contributed by atoms with Crippen molar-refractivity contribution in [2.45, 2.75) is 18.4 Å². The standard InChI is InChI=1S/C11H18N2O2/c1-2-10(14)12-9-11(3-4-11)13-5-7-15-8-6-13/h2H,1,3-9H2,(H,12,14). The van der Waals surface area contributed by atoms with Crippen molar-refractivity contribution in [1.82, 2.24) is 10.2 Å². The maximum absolute atomic E-state index is 11.1. The maximum Gasteiger partial charge on any atom is 0.243 e. The topological polar surface area (TPSA) is 41.6 Å². The molecule has 1 amide bonds. The lowest BCUT2D eigenvalue weighted by Gasteiger charge is -2.34. The summed E-state index contributed by atoms with van der Waals surface area (Å²) >= 11 is 0. The van der Waals surface area contributed by atoms with E-state index in [1.807, 2.05) is 0 Å². The molecule has 0 aromatic rings. The van der Waals surface area contributed by atoms with Crippen molar-refractivity contribution in [2.24, 2.45) is 0 Å². The molecule has 1 saturated heterocycles. The van der Waals surface area contributed by atoms with Gasteiger partial charge in [0.15, 0.2) is 0 Å². The van der Waals surface area contributed by atoms with Crippen LogP contribution in [0.3, 0.4) is 0 Å². The first-order valence-corrected chi connectivity index (χ1v) is 5.50. The van der Waals surface area contributed by atoms with Crippen molar-refractivity contribution in [3.63, 3.8) is 0 Å². The molecule has 0 unspecified atom stereocenters. The summed E-state index contributed by atoms with van der Waals surface area (Å²) in [4.78, 5) is 13.5. The van der Waals surface area contributed by atoms with Crippen molar-refractivity contribution in [2.75, 3.05) is 32.8 Å². The molecule has 4 nitrogen and oxygen atoms in total. The quantitative estimate of drug-likeness (QED) is 0.672. The molecule has 1 heterocycles. The van der Waals surface area contributed by atoms with E-state index >= 15 is 0 Å². The zero-order valence-electron chi connectivity index (χ0n) is 9.00. The Kier molecular flexibility index (Phi) is 3.07. The Morgan fingerprint density at radius 1 is 1.47 bits per heavy atom. The maximum atomic E-state index is 11.1. The highest BCUT2D eigenvalue weighted by molar-refractivity contribution is 5.86. The Hall–Kier alpha value is -0.870. The summed E-state index contributed by atoms with van der Waals surface area (Å²) in [5.41, 5.74) is 0.225. The predicted octanol–water partition coefficient (Wildman–Crippen LogP) is 0.153. The van der Waals surface area contributed by atoms with Crippen molar-refractivity contribution in [3.05, 3.63) is 12.7 Å². The fourth-order valence-electron chi connectivity index (χ4n) is 2.11. The van der Waals surface area contributed by atoms with Crippen LogP contribution in [0.2, 0.25) is 0 Å². The van der Waals surface area contributed by atoms with E-state index in [0.29, 0.717) is 0 Å². The van der Waals surface area contributed by atoms with E-state index in [9.17, 15) is 4.79 Å². The first-order valence-electron chi connectivity index (χ1n) is 5.50. The second kappa shape index (κ2) is 4.33. The van der Waals surface area contributed by atoms with Crippen LogP contribution in [-0.2, 0) is 9.53 Å². The van der Waals surface area contributed by atoms with Crippen molar-refractivity contribution in [3.8, 4) is 0 Å². The average molecular weight is 210 g/mol. The van der Waals surface area contributed by atoms with Gasteiger partial charge in [0.05, 0.1) is 13.2 Å². The Bertz CT molecular complexity index is 255. The largest absolute Gasteiger partial charge is 0.379 e. The predicted molar refractivity (Wildman–Crippen MR) is 57.6 cm³/mol. The summed E-state index contributed by atoms with van der Waals surface area (Å²) < 4.78 is 5.32. The van der Waals surface area contributed by atoms with Gasteiger partial charge in [-0.2, -0.15) is 0 Å². The number of morpholine rings is 1. The highest BCUT2D eigenvalue weighted by Gasteiger charge is 2.48. The molecule has 84 valence electrons. The number of hydrogen-bond acceptors (Lipinski definition) is 3. The van der Waals surface area contributed by atoms with Gasteiger partial charge in [0.2, 0.25) is 5.91 Å². The summed E-state index contributed by atoms with van der Waals surface area (Å²) in [6, 6.07) is 0. The minimum atomic E-state index is -0.0745. The number of hydrogen-bond donors (Lipinski definition) is 1. The lowest BCUT2D eigenvalue weighted by atomic mass is 10.2. The highest BCUT2D eigenvalue weighted by atomic mass is 16.5. The third kappa shape index (κ3) is 2.38. The SMILES string of the molecule is C=CC(=O)NCC1(N2CCOCC2)CC1. The van der Waals surface area contributed by atoms with E-state index in [2.05, 4.69) is 16.8 Å². The molecule has 2 fully saturated rings. The number of amides is 1. The fourth-order valence-corrected chi connectivity index (χ4v) is 2.11. The van der Waals surface area contributed by atoms with Gasteiger partial charge < -0.3 is 10.1 Å². The van der Waals surface area contributed by atoms with E-state index < -0.39 is 0 Å². The zero-order chi connectivity index (χ0) is 10.7. The van der Waals surface area contributed by atoms with E-state index in [4.69, 9.17) is 4.74 Å². The molecule has 1 saturated carbocycles. The molecule has 1 aliphatic heterocycles. The number of ether oxygens (including phenoxy) is 1. The smallest absolute Gasteiger partial charge is 0.243 e. The van der Waals surface area contributed by atoms with Crippen molar-refractivity contribution in [1.29, 1.82) is 0 Å². The third-order valence-electron chi connectivity index (χ3n) is 3.29. The zero-order valence-corrected chi connectivity index (χ0v) is 9.00. The summed E-state index contributed by atoms with van der Waals surface area (Å²) in [5, 5.41) is 2.89. The molecular formula is C11H18N2O2. The molecule has 0 aromatic heterocycles. The second-order valence-electron chi connectivity index (χ2n) is 4.25. The molecule has 0 spiro atoms. The molecule has 15 heavy (non-hydrogen) atoms. The molecule has 1 aliphatic carbocycles. The monoisotopic (exact) mass is 210 g/mol. The number of nitrogens with one attached hydrogen (secondary N) is 1. The minimum absolute atomic E-state index is 0.0745. The van der Waals surface area contributed by atoms with Gasteiger partial charge in [-0.3, -0.25) is 9.69 Å². The fraction of sp³-hybridized carbons (Fsp3) is 0.727. The van der Waals surface area contributed by atoms with E-state index in [-0.39, 0.29) is 11.4 Å². The average Bonchev–Trinajstić information content (AvgIpc) is 3.08. The molecular weight excluding hydrogens is 192 g/mol. The Balaban J connectivity index is 1.83. The summed E-state index contributed by atoms with van der Waals surface area (Å²) in [5.74, 6) is -0.0745. The van der Waals surface area contributed by atoms with Gasteiger partial charge >= 0.3 is 0 Å². The molecule has 2 aliphatic rings. The Morgan fingerprint density at radius 3 is 2.67 bits per heavy atom. The van der Waals surface area contributed by atoms with Crippen LogP contribution in [-0.4, -0.2) is 49.2 Å². The van der Waals surface area contributed by atoms with Gasteiger partial charge in [0.1, 0.15) is 0 Å². The first kappa shape index (κ1) is 10.6. The first-order chi connectivity index (χ1) is 7.27. The molecule has 4 heteroatoms. The minimum Gasteiger partial charge on any atom is -0.379 e. The second-order valence-corrected chi connectivity index (χ2v) is 4.25. The summed E-state index contributed by atoms with van der Waals surface area (Å²) in [7, 11) is 0. The van der Waals surface area contributed by atoms with Crippen molar-refractivity contribution >= 4 is 5.91 Å². The number of carbonyl (C=O) groups excluding carboxylic acids is 1. The number of rotatable bonds is 4. The number of carbonyl (C=O) groups is 1. The summed E-state index contributed by atoms with van der Waals surface area (Å²) in [6.07, 6.45) is 3.70. The van der Waals surface area contributed by atoms with Crippen LogP contribution in [0.1, 0.15) is 12.8 Å². The molecule has 0 bridgehead atoms. The van der Waals surface area contributed by atoms with Crippen LogP contribution in [0.4, 0.5) is 0 Å². The van der Waals surface area contributed by atoms with Crippen LogP contribution < -0.4 is 5.32 Å². The van der Waals surface area contributed by atoms with Crippen LogP contribution in [0, 0.1) is 0 Å². The molecule has 0 atom stereocenters. The normalized spacial score (nSPS) is 24.5. The van der Waals surface area contributed by atoms with Gasteiger partial charge in [-0.25, -0.2) is 0 Å². The highest BCUT2D eigenvalue weighted by Crippen LogP contribution is 2.41. The van der Waals surface area contributed by atoms with E-state index in [0.717, 1.165) is 32.8 Å². The molecule has 0 aromatic carbocycles. The van der Waals surface area contributed by atoms with Crippen LogP contribution in [0.25, 0.3) is 0 Å². The third-order valence-corrected chi connectivity index (χ3v) is 3.29. The van der Waals surface area contributed by atoms with Gasteiger partial charge in [-0.15, -0.1) is 0 Å². The van der Waals surface area contributed by atoms with E-state index in [1.54, 1.807) is 0 Å². The number of nitrogens with zero attached hydrogens (tertiary/aromatic N) is 1. The lowest BCUT2D eigenvalue weighted by Crippen LogP contribution is -2.50. The van der Waals surface area contributed by atoms with Gasteiger partial charge in [0.25, 0.3) is 0 Å². The van der Waals surface area contributed by atoms with Crippen LogP contribution in [0.5, 0.6) is 0 Å². The molecule has 0 radical (unpaired) electrons. The van der Waals surface area contributed by atoms with Crippen LogP contribution in [0.15, 0.2) is 12.7 Å². The summed E-state index contributed by atoms with van der Waals surface area (Å²) in [6.45, 7) is 7.81. The van der Waals surface area contributed by atoms with Gasteiger partial charge in [-0.05, 0) is 18.9 Å². The van der Waals surface area contributed by atoms with Gasteiger partial charge in [-0.1, -0.05) is 6.58 Å². The molecule has 1 N–H and O–H groups in total. The Morgan fingerprint density at radius 2 is 2.13 bits per heavy atom. The van der Waals surface area contributed by atoms with Gasteiger partial charge in [0, 0.05) is 25.2 Å². The Labute approximate surface area is 90.3 Å². The van der Waals surface area contributed by atoms with E-state index in [1.165, 1.54) is 18.9 Å². The van der Waals surface area contributed by atoms with Crippen LogP contribution >= 0.6 is 0 Å². The molecule has 2 rings (SSSR count).